The van der Waals surface area contributed by atoms with E-state index in [1.165, 1.54) is 38.2 Å². The van der Waals surface area contributed by atoms with Gasteiger partial charge in [-0.3, -0.25) is 0 Å². The highest BCUT2D eigenvalue weighted by Crippen LogP contribution is 2.41. The lowest BCUT2D eigenvalue weighted by Gasteiger charge is -2.20. The molecular formula is C48H38N4. The van der Waals surface area contributed by atoms with Gasteiger partial charge in [-0.1, -0.05) is 146 Å². The summed E-state index contributed by atoms with van der Waals surface area (Å²) in [5, 5.41) is 12.5. The third-order valence-electron chi connectivity index (χ3n) is 10.1. The number of rotatable bonds is 9. The average molecular weight is 671 g/mol. The number of nitrogens with zero attached hydrogens (tertiary/aromatic N) is 1. The van der Waals surface area contributed by atoms with Gasteiger partial charge in [-0.05, 0) is 70.1 Å². The van der Waals surface area contributed by atoms with Crippen molar-refractivity contribution in [1.82, 2.24) is 4.57 Å². The summed E-state index contributed by atoms with van der Waals surface area (Å²) in [6.07, 6.45) is 0. The monoisotopic (exact) mass is 670 g/mol. The van der Waals surface area contributed by atoms with Crippen LogP contribution in [0, 0.1) is 0 Å². The topological polar surface area (TPSA) is 55.0 Å². The van der Waals surface area contributed by atoms with Gasteiger partial charge in [0, 0.05) is 51.0 Å². The van der Waals surface area contributed by atoms with E-state index in [1.54, 1.807) is 0 Å². The number of nitrogens with one attached hydrogen (secondary N) is 2. The molecule has 1 heterocycles. The van der Waals surface area contributed by atoms with Crippen LogP contribution in [0.1, 0.15) is 22.7 Å². The normalized spacial score (nSPS) is 11.9. The largest absolute Gasteiger partial charge is 0.381 e. The molecule has 0 spiro atoms. The summed E-state index contributed by atoms with van der Waals surface area (Å²) < 4.78 is 2.37. The number of benzene rings is 8. The minimum absolute atomic E-state index is 0.218. The molecule has 4 heteroatoms. The van der Waals surface area contributed by atoms with E-state index in [2.05, 4.69) is 185 Å². The maximum atomic E-state index is 6.77. The Hall–Kier alpha value is -6.62. The van der Waals surface area contributed by atoms with Crippen LogP contribution in [0.5, 0.6) is 0 Å². The van der Waals surface area contributed by atoms with Crippen LogP contribution in [-0.4, -0.2) is 4.57 Å². The van der Waals surface area contributed by atoms with Crippen LogP contribution in [0.4, 0.5) is 17.1 Å². The van der Waals surface area contributed by atoms with Gasteiger partial charge < -0.3 is 20.9 Å². The van der Waals surface area contributed by atoms with Crippen molar-refractivity contribution in [2.75, 3.05) is 10.6 Å². The van der Waals surface area contributed by atoms with Crippen molar-refractivity contribution in [3.63, 3.8) is 0 Å². The maximum absolute atomic E-state index is 6.77. The van der Waals surface area contributed by atoms with Gasteiger partial charge in [-0.15, -0.1) is 0 Å². The molecule has 52 heavy (non-hydrogen) atoms. The van der Waals surface area contributed by atoms with Crippen molar-refractivity contribution in [1.29, 1.82) is 0 Å². The predicted molar refractivity (Wildman–Crippen MR) is 220 cm³/mol. The second-order valence-electron chi connectivity index (χ2n) is 13.2. The van der Waals surface area contributed by atoms with Crippen LogP contribution in [0.3, 0.4) is 0 Å². The number of aromatic nitrogens is 1. The fourth-order valence-corrected chi connectivity index (χ4v) is 7.56. The van der Waals surface area contributed by atoms with E-state index >= 15 is 0 Å². The first kappa shape index (κ1) is 31.4. The average Bonchev–Trinajstić information content (AvgIpc) is 3.54. The van der Waals surface area contributed by atoms with Gasteiger partial charge in [-0.2, -0.15) is 0 Å². The lowest BCUT2D eigenvalue weighted by Crippen LogP contribution is -2.14. The molecule has 8 aromatic carbocycles. The van der Waals surface area contributed by atoms with Gasteiger partial charge in [0.05, 0.1) is 17.1 Å². The Labute approximate surface area is 303 Å². The van der Waals surface area contributed by atoms with Gasteiger partial charge in [0.1, 0.15) is 0 Å². The zero-order chi connectivity index (χ0) is 34.9. The molecule has 9 aromatic rings. The van der Waals surface area contributed by atoms with Crippen molar-refractivity contribution in [3.8, 4) is 16.8 Å². The standard InChI is InChI=1S/C48H38N4/c49-48(34-18-6-2-7-19-34)40-25-12-14-26-43(40)50-32-35-28-29-44(38-23-11-10-22-37(35)38)51-45-31-47-42(30-41(45)33-16-4-1-5-17-33)39-24-13-15-27-46(39)52(47)36-20-8-3-9-21-36/h1-31,48,50-51H,32,49H2. The third-order valence-corrected chi connectivity index (χ3v) is 10.1. The van der Waals surface area contributed by atoms with Crippen molar-refractivity contribution in [2.45, 2.75) is 12.6 Å². The number of para-hydroxylation sites is 3. The summed E-state index contributed by atoms with van der Waals surface area (Å²) in [5.41, 5.74) is 19.1. The first-order chi connectivity index (χ1) is 25.7. The third kappa shape index (κ3) is 5.75. The number of anilines is 3. The van der Waals surface area contributed by atoms with Crippen molar-refractivity contribution in [2.24, 2.45) is 5.73 Å². The minimum Gasteiger partial charge on any atom is -0.381 e. The highest BCUT2D eigenvalue weighted by molar-refractivity contribution is 6.13. The molecule has 0 bridgehead atoms. The summed E-state index contributed by atoms with van der Waals surface area (Å²) in [7, 11) is 0. The highest BCUT2D eigenvalue weighted by atomic mass is 15.0. The zero-order valence-corrected chi connectivity index (χ0v) is 28.7. The fourth-order valence-electron chi connectivity index (χ4n) is 7.56. The number of hydrogen-bond donors (Lipinski definition) is 3. The summed E-state index contributed by atoms with van der Waals surface area (Å²) in [4.78, 5) is 0. The Bertz CT molecular complexity index is 2660. The van der Waals surface area contributed by atoms with E-state index in [4.69, 9.17) is 5.73 Å². The van der Waals surface area contributed by atoms with Gasteiger partial charge in [0.15, 0.2) is 0 Å². The Morgan fingerprint density at radius 1 is 0.481 bits per heavy atom. The van der Waals surface area contributed by atoms with Crippen LogP contribution in [0.15, 0.2) is 188 Å². The first-order valence-corrected chi connectivity index (χ1v) is 17.8. The van der Waals surface area contributed by atoms with Gasteiger partial charge >= 0.3 is 0 Å². The number of fused-ring (bicyclic) bond motifs is 4. The van der Waals surface area contributed by atoms with Gasteiger partial charge in [0.25, 0.3) is 0 Å². The number of nitrogens with two attached hydrogens (primary N) is 1. The molecule has 1 aromatic heterocycles. The molecule has 0 aliphatic rings. The Morgan fingerprint density at radius 3 is 1.90 bits per heavy atom. The molecule has 4 N–H and O–H groups in total. The lowest BCUT2D eigenvalue weighted by atomic mass is 9.97. The molecule has 0 saturated carbocycles. The quantitative estimate of drug-likeness (QED) is 0.143. The molecule has 0 amide bonds. The minimum atomic E-state index is -0.218. The second kappa shape index (κ2) is 13.6. The molecule has 1 unspecified atom stereocenters. The van der Waals surface area contributed by atoms with Crippen LogP contribution in [0.2, 0.25) is 0 Å². The molecule has 0 aliphatic heterocycles. The highest BCUT2D eigenvalue weighted by Gasteiger charge is 2.18. The van der Waals surface area contributed by atoms with Crippen molar-refractivity contribution >= 4 is 49.6 Å². The summed E-state index contributed by atoms with van der Waals surface area (Å²) >= 11 is 0. The van der Waals surface area contributed by atoms with Crippen LogP contribution in [-0.2, 0) is 6.54 Å². The van der Waals surface area contributed by atoms with Crippen LogP contribution in [0.25, 0.3) is 49.4 Å². The molecule has 0 saturated heterocycles. The molecule has 1 atom stereocenters. The van der Waals surface area contributed by atoms with Crippen molar-refractivity contribution < 1.29 is 0 Å². The Balaban J connectivity index is 1.12. The molecule has 0 aliphatic carbocycles. The van der Waals surface area contributed by atoms with E-state index < -0.39 is 0 Å². The predicted octanol–water partition coefficient (Wildman–Crippen LogP) is 12.0. The SMILES string of the molecule is NC(c1ccccc1)c1ccccc1NCc1ccc(Nc2cc3c(cc2-c2ccccc2)c2ccccc2n3-c2ccccc2)c2ccccc12. The Morgan fingerprint density at radius 2 is 1.12 bits per heavy atom. The zero-order valence-electron chi connectivity index (χ0n) is 28.7. The van der Waals surface area contributed by atoms with Gasteiger partial charge in [0.2, 0.25) is 0 Å². The van der Waals surface area contributed by atoms with E-state index in [0.717, 1.165) is 45.0 Å². The van der Waals surface area contributed by atoms with Crippen LogP contribution >= 0.6 is 0 Å². The second-order valence-corrected chi connectivity index (χ2v) is 13.2. The van der Waals surface area contributed by atoms with E-state index in [1.807, 2.05) is 18.2 Å². The van der Waals surface area contributed by atoms with Gasteiger partial charge in [-0.25, -0.2) is 0 Å². The lowest BCUT2D eigenvalue weighted by molar-refractivity contribution is 0.870. The number of hydrogen-bond acceptors (Lipinski definition) is 3. The van der Waals surface area contributed by atoms with Crippen LogP contribution < -0.4 is 16.4 Å². The summed E-state index contributed by atoms with van der Waals surface area (Å²) in [6, 6.07) is 66.2. The van der Waals surface area contributed by atoms with E-state index in [0.29, 0.717) is 6.54 Å². The molecule has 0 fully saturated rings. The molecular weight excluding hydrogens is 633 g/mol. The molecule has 0 radical (unpaired) electrons. The summed E-state index contributed by atoms with van der Waals surface area (Å²) in [5.74, 6) is 0. The van der Waals surface area contributed by atoms with Crippen molar-refractivity contribution in [3.05, 3.63) is 205 Å². The van der Waals surface area contributed by atoms with E-state index in [-0.39, 0.29) is 6.04 Å². The van der Waals surface area contributed by atoms with E-state index in [9.17, 15) is 0 Å². The smallest absolute Gasteiger partial charge is 0.0572 e. The Kier molecular flexibility index (Phi) is 8.20. The first-order valence-electron chi connectivity index (χ1n) is 17.8. The molecule has 250 valence electrons. The fraction of sp³-hybridized carbons (Fsp3) is 0.0417. The maximum Gasteiger partial charge on any atom is 0.0572 e. The summed E-state index contributed by atoms with van der Waals surface area (Å²) in [6.45, 7) is 0.664. The molecule has 9 rings (SSSR count). The molecule has 4 nitrogen and oxygen atoms in total.